The van der Waals surface area contributed by atoms with Crippen LogP contribution < -0.4 is 39.0 Å². The van der Waals surface area contributed by atoms with Crippen LogP contribution in [-0.2, 0) is 15.7 Å². The molecule has 0 saturated carbocycles. The van der Waals surface area contributed by atoms with Crippen molar-refractivity contribution in [3.8, 4) is 0 Å². The average molecular weight is 385 g/mol. The van der Waals surface area contributed by atoms with Gasteiger partial charge in [0, 0.05) is 6.07 Å². The Morgan fingerprint density at radius 1 is 1.37 bits per heavy atom. The number of hydrogen-bond donors (Lipinski definition) is 4. The molecule has 0 fully saturated rings. The van der Waals surface area contributed by atoms with Gasteiger partial charge in [0.1, 0.15) is 0 Å². The number of pyridine rings is 1. The Kier molecular flexibility index (Phi) is 7.08. The first kappa shape index (κ1) is 19.9. The standard InChI is InChI=1S/C7H10BrNO7P2.Na/c8-6-2-1-3-9(4-6)5-7(10,17(11,12)13)18(14,15)16;/h1-4,10H,5H2,(H3-,11,12,13,14,15,16);/q;+1. The van der Waals surface area contributed by atoms with Crippen LogP contribution in [0, 0.1) is 0 Å². The first-order valence-electron chi connectivity index (χ1n) is 4.44. The number of aliphatic hydroxyl groups is 1. The summed E-state index contributed by atoms with van der Waals surface area (Å²) in [6, 6.07) is 3.04. The van der Waals surface area contributed by atoms with Gasteiger partial charge in [-0.2, -0.15) is 4.57 Å². The molecule has 4 N–H and O–H groups in total. The molecule has 0 saturated heterocycles. The number of aromatic nitrogens is 1. The van der Waals surface area contributed by atoms with Crippen LogP contribution in [0.25, 0.3) is 0 Å². The number of rotatable bonds is 4. The zero-order valence-corrected chi connectivity index (χ0v) is 15.1. The van der Waals surface area contributed by atoms with E-state index in [9.17, 15) is 19.1 Å². The molecule has 2 unspecified atom stereocenters. The molecule has 0 amide bonds. The predicted molar refractivity (Wildman–Crippen MR) is 61.2 cm³/mol. The van der Waals surface area contributed by atoms with E-state index in [1.165, 1.54) is 18.5 Å². The second-order valence-electron chi connectivity index (χ2n) is 3.53. The van der Waals surface area contributed by atoms with E-state index in [2.05, 4.69) is 15.9 Å². The SMILES string of the molecule is O=P([O-])(O)C(O)(C[n+]1cccc(Br)c1)P(=O)(O)O.[Na+]. The van der Waals surface area contributed by atoms with E-state index in [4.69, 9.17) is 14.7 Å². The maximum Gasteiger partial charge on any atom is 1.00 e. The van der Waals surface area contributed by atoms with Crippen molar-refractivity contribution in [1.82, 2.24) is 0 Å². The summed E-state index contributed by atoms with van der Waals surface area (Å²) in [5.74, 6) is 0. The molecule has 0 aliphatic carbocycles. The van der Waals surface area contributed by atoms with Crippen molar-refractivity contribution >= 4 is 31.1 Å². The minimum absolute atomic E-state index is 0. The largest absolute Gasteiger partial charge is 1.00 e. The maximum absolute atomic E-state index is 11.1. The minimum Gasteiger partial charge on any atom is -0.776 e. The van der Waals surface area contributed by atoms with Crippen LogP contribution in [0.4, 0.5) is 0 Å². The maximum atomic E-state index is 11.1. The number of hydrogen-bond acceptors (Lipinski definition) is 4. The summed E-state index contributed by atoms with van der Waals surface area (Å²) in [5.41, 5.74) is 0. The molecule has 0 aliphatic rings. The molecule has 1 aromatic heterocycles. The predicted octanol–water partition coefficient (Wildman–Crippen LogP) is -3.89. The normalized spacial score (nSPS) is 18.0. The van der Waals surface area contributed by atoms with Gasteiger partial charge < -0.3 is 29.2 Å². The summed E-state index contributed by atoms with van der Waals surface area (Å²) in [6.45, 7) is -1.01. The van der Waals surface area contributed by atoms with Crippen molar-refractivity contribution in [3.63, 3.8) is 0 Å². The molecule has 1 heterocycles. The molecule has 1 aromatic rings. The summed E-state index contributed by atoms with van der Waals surface area (Å²) < 4.78 is 23.6. The Labute approximate surface area is 139 Å². The molecule has 0 aromatic carbocycles. The molecular weight excluding hydrogens is 375 g/mol. The van der Waals surface area contributed by atoms with Crippen molar-refractivity contribution in [2.75, 3.05) is 0 Å². The molecular formula is C7H10BrNNaO7P2+. The van der Waals surface area contributed by atoms with Crippen LogP contribution >= 0.6 is 31.1 Å². The van der Waals surface area contributed by atoms with Crippen LogP contribution in [-0.4, -0.2) is 24.9 Å². The van der Waals surface area contributed by atoms with E-state index in [0.29, 0.717) is 4.47 Å². The van der Waals surface area contributed by atoms with E-state index in [0.717, 1.165) is 4.57 Å². The van der Waals surface area contributed by atoms with Crippen LogP contribution in [0.15, 0.2) is 29.0 Å². The summed E-state index contributed by atoms with van der Waals surface area (Å²) in [7, 11) is -11.2. The fourth-order valence-electron chi connectivity index (χ4n) is 1.18. The fraction of sp³-hybridized carbons (Fsp3) is 0.286. The number of halogens is 1. The first-order valence-corrected chi connectivity index (χ1v) is 8.42. The third kappa shape index (κ3) is 4.69. The van der Waals surface area contributed by atoms with Crippen LogP contribution in [0.5, 0.6) is 0 Å². The van der Waals surface area contributed by atoms with Crippen molar-refractivity contribution in [3.05, 3.63) is 29.0 Å². The average Bonchev–Trinajstić information content (AvgIpc) is 2.13. The molecule has 19 heavy (non-hydrogen) atoms. The molecule has 2 atom stereocenters. The van der Waals surface area contributed by atoms with Gasteiger partial charge in [0.05, 0.1) is 4.47 Å². The topological polar surface area (TPSA) is 142 Å². The van der Waals surface area contributed by atoms with Crippen LogP contribution in [0.2, 0.25) is 0 Å². The third-order valence-corrected chi connectivity index (χ3v) is 6.27. The minimum atomic E-state index is -5.68. The van der Waals surface area contributed by atoms with Crippen molar-refractivity contribution in [2.24, 2.45) is 0 Å². The third-order valence-electron chi connectivity index (χ3n) is 2.14. The number of nitrogens with zero attached hydrogens (tertiary/aromatic N) is 1. The van der Waals surface area contributed by atoms with Crippen LogP contribution in [0.3, 0.4) is 0 Å². The Morgan fingerprint density at radius 3 is 2.26 bits per heavy atom. The molecule has 0 bridgehead atoms. The first-order chi connectivity index (χ1) is 7.97. The molecule has 0 aliphatic heterocycles. The Morgan fingerprint density at radius 2 is 1.89 bits per heavy atom. The molecule has 0 radical (unpaired) electrons. The zero-order chi connectivity index (χ0) is 14.2. The van der Waals surface area contributed by atoms with Gasteiger partial charge in [-0.15, -0.1) is 0 Å². The summed E-state index contributed by atoms with van der Waals surface area (Å²) in [5, 5.41) is 6.04. The van der Waals surface area contributed by atoms with Crippen molar-refractivity contribution in [2.45, 2.75) is 11.6 Å². The van der Waals surface area contributed by atoms with Gasteiger partial charge in [0.2, 0.25) is 0 Å². The molecule has 1 rings (SSSR count). The summed E-state index contributed by atoms with van der Waals surface area (Å²) in [6.07, 6.45) is 2.57. The Balaban J connectivity index is 0.00000324. The quantitative estimate of drug-likeness (QED) is 0.236. The van der Waals surface area contributed by atoms with Crippen molar-refractivity contribution < 1.29 is 67.9 Å². The smallest absolute Gasteiger partial charge is 0.776 e. The van der Waals surface area contributed by atoms with E-state index in [1.807, 2.05) is 0 Å². The van der Waals surface area contributed by atoms with Crippen LogP contribution in [0.1, 0.15) is 0 Å². The molecule has 102 valence electrons. The van der Waals surface area contributed by atoms with E-state index < -0.39 is 26.8 Å². The molecule has 12 heteroatoms. The van der Waals surface area contributed by atoms with Gasteiger partial charge in [-0.05, 0) is 22.0 Å². The van der Waals surface area contributed by atoms with Gasteiger partial charge in [-0.3, -0.25) is 4.57 Å². The second kappa shape index (κ2) is 6.77. The van der Waals surface area contributed by atoms with Gasteiger partial charge in [0.15, 0.2) is 26.5 Å². The fourth-order valence-corrected chi connectivity index (χ4v) is 3.60. The van der Waals surface area contributed by atoms with Gasteiger partial charge in [0.25, 0.3) is 5.08 Å². The van der Waals surface area contributed by atoms with Gasteiger partial charge in [-0.1, -0.05) is 0 Å². The molecule has 0 spiro atoms. The Bertz CT molecular complexity index is 522. The zero-order valence-electron chi connectivity index (χ0n) is 9.75. The summed E-state index contributed by atoms with van der Waals surface area (Å²) in [4.78, 5) is 37.7. The van der Waals surface area contributed by atoms with Crippen molar-refractivity contribution in [1.29, 1.82) is 0 Å². The van der Waals surface area contributed by atoms with E-state index in [1.54, 1.807) is 6.07 Å². The van der Waals surface area contributed by atoms with E-state index >= 15 is 0 Å². The van der Waals surface area contributed by atoms with E-state index in [-0.39, 0.29) is 29.6 Å². The monoisotopic (exact) mass is 384 g/mol. The molecule has 8 nitrogen and oxygen atoms in total. The Hall–Kier alpha value is 0.890. The van der Waals surface area contributed by atoms with Gasteiger partial charge >= 0.3 is 37.2 Å². The summed E-state index contributed by atoms with van der Waals surface area (Å²) >= 11 is 3.06. The second-order valence-corrected chi connectivity index (χ2v) is 8.41. The van der Waals surface area contributed by atoms with Gasteiger partial charge in [-0.25, -0.2) is 0 Å².